The Labute approximate surface area is 604 Å². The largest absolute Gasteiger partial charge is 0.490 e. The number of rotatable bonds is 30. The normalized spacial score (nSPS) is 19.4. The highest BCUT2D eigenvalue weighted by Crippen LogP contribution is 2.29. The number of β-amino-alcohol motifs (C(OH)–C–C–N with tert-alkyl or cyclic N) is 1. The van der Waals surface area contributed by atoms with Crippen LogP contribution in [-0.2, 0) is 49.6 Å². The fourth-order valence-corrected chi connectivity index (χ4v) is 15.0. The van der Waals surface area contributed by atoms with Crippen LogP contribution < -0.4 is 25.4 Å². The Morgan fingerprint density at radius 1 is 0.500 bits per heavy atom. The molecular formula is C86H108N8O8. The van der Waals surface area contributed by atoms with E-state index in [1.165, 1.54) is 22.3 Å². The van der Waals surface area contributed by atoms with Gasteiger partial charge >= 0.3 is 0 Å². The summed E-state index contributed by atoms with van der Waals surface area (Å²) in [5.41, 5.74) is 7.17. The van der Waals surface area contributed by atoms with Crippen molar-refractivity contribution in [1.29, 1.82) is 0 Å². The zero-order valence-electron chi connectivity index (χ0n) is 59.8. The van der Waals surface area contributed by atoms with Gasteiger partial charge in [0.15, 0.2) is 0 Å². The molecule has 0 spiro atoms. The molecule has 5 fully saturated rings. The lowest BCUT2D eigenvalue weighted by Gasteiger charge is -2.40. The number of ether oxygens (including phenoxy) is 3. The lowest BCUT2D eigenvalue weighted by molar-refractivity contribution is -0.142. The number of aliphatic hydroxyl groups is 1. The molecule has 0 aliphatic carbocycles. The van der Waals surface area contributed by atoms with E-state index in [1.54, 1.807) is 12.4 Å². The number of carbonyl (C=O) groups excluding carboxylic acids is 4. The molecule has 6 atom stereocenters. The van der Waals surface area contributed by atoms with Gasteiger partial charge in [0.05, 0.1) is 41.6 Å². The third-order valence-corrected chi connectivity index (χ3v) is 20.8. The molecule has 5 aliphatic heterocycles. The zero-order valence-corrected chi connectivity index (χ0v) is 59.8. The SMILES string of the molecule is O=C(NC(CCCc1ccccc1)CCCc1ccccc1)C1CCCN(C(=O)C2CCCCN2)C1.O=C(NC(CCCc1ccccc1)CCCc1ccccc1)C1CCCN(C(=O)C2CCCCN2C[C@@H](O)COc2cccc3ncccc23)C1.c1cc(OC[C@@H]2CO2)c2cccnc2c1. The van der Waals surface area contributed by atoms with Gasteiger partial charge in [0, 0.05) is 68.0 Å². The van der Waals surface area contributed by atoms with Gasteiger partial charge in [0.25, 0.3) is 0 Å². The lowest BCUT2D eigenvalue weighted by Crippen LogP contribution is -2.56. The Hall–Kier alpha value is -8.54. The van der Waals surface area contributed by atoms with Crippen LogP contribution in [0, 0.1) is 11.8 Å². The number of fused-ring (bicyclic) bond motifs is 2. The number of benzene rings is 6. The Bertz CT molecular complexity index is 3700. The van der Waals surface area contributed by atoms with Crippen molar-refractivity contribution in [1.82, 2.24) is 40.6 Å². The van der Waals surface area contributed by atoms with Crippen molar-refractivity contribution in [2.45, 2.75) is 178 Å². The monoisotopic (exact) mass is 1380 g/mol. The average molecular weight is 1380 g/mol. The molecule has 16 heteroatoms. The molecular weight excluding hydrogens is 1270 g/mol. The van der Waals surface area contributed by atoms with Gasteiger partial charge in [-0.2, -0.15) is 0 Å². The van der Waals surface area contributed by atoms with Crippen LogP contribution in [0.15, 0.2) is 194 Å². The van der Waals surface area contributed by atoms with Gasteiger partial charge in [-0.25, -0.2) is 0 Å². The van der Waals surface area contributed by atoms with Crippen molar-refractivity contribution in [3.63, 3.8) is 0 Å². The smallest absolute Gasteiger partial charge is 0.239 e. The molecule has 4 unspecified atom stereocenters. The number of piperidine rings is 4. The van der Waals surface area contributed by atoms with Crippen molar-refractivity contribution < 1.29 is 38.5 Å². The number of nitrogens with one attached hydrogen (secondary N) is 3. The molecule has 7 heterocycles. The third kappa shape index (κ3) is 23.8. The summed E-state index contributed by atoms with van der Waals surface area (Å²) in [4.78, 5) is 68.9. The average Bonchev–Trinajstić information content (AvgIpc) is 0.872. The number of hydrogen-bond acceptors (Lipinski definition) is 12. The summed E-state index contributed by atoms with van der Waals surface area (Å²) in [5.74, 6) is 1.75. The van der Waals surface area contributed by atoms with Crippen LogP contribution in [0.1, 0.15) is 138 Å². The Morgan fingerprint density at radius 3 is 1.42 bits per heavy atom. The fraction of sp³-hybridized carbons (Fsp3) is 0.465. The summed E-state index contributed by atoms with van der Waals surface area (Å²) in [5, 5.41) is 23.2. The van der Waals surface area contributed by atoms with Crippen molar-refractivity contribution in [2.24, 2.45) is 11.8 Å². The van der Waals surface area contributed by atoms with Crippen LogP contribution in [0.2, 0.25) is 0 Å². The van der Waals surface area contributed by atoms with E-state index in [-0.39, 0.29) is 72.3 Å². The second kappa shape index (κ2) is 40.3. The highest BCUT2D eigenvalue weighted by atomic mass is 16.6. The maximum Gasteiger partial charge on any atom is 0.239 e. The Morgan fingerprint density at radius 2 is 0.961 bits per heavy atom. The number of pyridine rings is 2. The highest BCUT2D eigenvalue weighted by Gasteiger charge is 2.38. The first kappa shape index (κ1) is 74.6. The van der Waals surface area contributed by atoms with E-state index in [4.69, 9.17) is 14.2 Å². The molecule has 540 valence electrons. The maximum absolute atomic E-state index is 14.0. The van der Waals surface area contributed by atoms with E-state index in [2.05, 4.69) is 140 Å². The quantitative estimate of drug-likeness (QED) is 0.0312. The fourth-order valence-electron chi connectivity index (χ4n) is 15.0. The molecule has 4 amide bonds. The van der Waals surface area contributed by atoms with Crippen LogP contribution in [-0.4, -0.2) is 155 Å². The van der Waals surface area contributed by atoms with Gasteiger partial charge in [-0.15, -0.1) is 0 Å². The van der Waals surface area contributed by atoms with E-state index in [1.807, 2.05) is 82.6 Å². The van der Waals surface area contributed by atoms with Gasteiger partial charge in [-0.05, 0) is 212 Å². The van der Waals surface area contributed by atoms with E-state index < -0.39 is 6.10 Å². The minimum absolute atomic E-state index is 0.0655. The minimum atomic E-state index is -0.745. The first-order chi connectivity index (χ1) is 50.1. The predicted molar refractivity (Wildman–Crippen MR) is 405 cm³/mol. The summed E-state index contributed by atoms with van der Waals surface area (Å²) in [7, 11) is 0. The van der Waals surface area contributed by atoms with Crippen LogP contribution in [0.25, 0.3) is 21.8 Å². The second-order valence-corrected chi connectivity index (χ2v) is 28.6. The van der Waals surface area contributed by atoms with Gasteiger partial charge in [0.1, 0.15) is 36.9 Å². The Kier molecular flexibility index (Phi) is 29.5. The topological polar surface area (TPSA) is 191 Å². The summed E-state index contributed by atoms with van der Waals surface area (Å²) in [6.07, 6.45) is 24.4. The number of likely N-dealkylation sites (tertiary alicyclic amines) is 3. The minimum Gasteiger partial charge on any atom is -0.490 e. The summed E-state index contributed by atoms with van der Waals surface area (Å²) >= 11 is 0. The van der Waals surface area contributed by atoms with E-state index in [0.717, 1.165) is 195 Å². The van der Waals surface area contributed by atoms with Gasteiger partial charge in [-0.1, -0.05) is 146 Å². The zero-order chi connectivity index (χ0) is 70.3. The van der Waals surface area contributed by atoms with Crippen LogP contribution in [0.3, 0.4) is 0 Å². The first-order valence-corrected chi connectivity index (χ1v) is 38.2. The van der Waals surface area contributed by atoms with Crippen LogP contribution in [0.5, 0.6) is 11.5 Å². The molecule has 0 radical (unpaired) electrons. The first-order valence-electron chi connectivity index (χ1n) is 38.2. The molecule has 5 saturated heterocycles. The Balaban J connectivity index is 0.000000176. The number of aliphatic hydroxyl groups excluding tert-OH is 1. The van der Waals surface area contributed by atoms with Crippen molar-refractivity contribution in [3.8, 4) is 11.5 Å². The van der Waals surface area contributed by atoms with Crippen LogP contribution in [0.4, 0.5) is 0 Å². The van der Waals surface area contributed by atoms with Crippen molar-refractivity contribution >= 4 is 45.4 Å². The number of aryl methyl sites for hydroxylation is 4. The van der Waals surface area contributed by atoms with E-state index >= 15 is 0 Å². The molecule has 8 aromatic rings. The van der Waals surface area contributed by atoms with E-state index in [9.17, 15) is 24.3 Å². The summed E-state index contributed by atoms with van der Waals surface area (Å²) < 4.78 is 16.8. The molecule has 0 bridgehead atoms. The van der Waals surface area contributed by atoms with Gasteiger partial charge < -0.3 is 45.1 Å². The van der Waals surface area contributed by atoms with E-state index in [0.29, 0.717) is 38.5 Å². The maximum atomic E-state index is 14.0. The number of carbonyl (C=O) groups is 4. The molecule has 102 heavy (non-hydrogen) atoms. The molecule has 16 nitrogen and oxygen atoms in total. The molecule has 4 N–H and O–H groups in total. The number of epoxide rings is 1. The second-order valence-electron chi connectivity index (χ2n) is 28.6. The number of aromatic nitrogens is 2. The van der Waals surface area contributed by atoms with Crippen molar-refractivity contribution in [2.75, 3.05) is 65.6 Å². The number of nitrogens with zero attached hydrogens (tertiary/aromatic N) is 5. The summed E-state index contributed by atoms with van der Waals surface area (Å²) in [6.45, 7) is 6.10. The number of hydrogen-bond donors (Lipinski definition) is 4. The van der Waals surface area contributed by atoms with Gasteiger partial charge in [0.2, 0.25) is 23.6 Å². The predicted octanol–water partition coefficient (Wildman–Crippen LogP) is 13.5. The standard InChI is InChI=1S/C43H54N4O4.C31H43N3O2.C12H11NO2/c48-37(32-51-41-26-11-24-39-38(41)23-12-27-44-39)31-46-28-8-7-25-40(46)43(50)47-29-13-20-35(30-47)42(49)45-36(21-9-18-33-14-3-1-4-15-33)22-10-19-34-16-5-2-6-17-34;35-30(27-18-11-23-34(24-27)31(36)29-21-7-8-22-32-29)33-28(19-9-16-25-12-3-1-4-13-25)20-10-17-26-14-5-2-6-15-26;1-4-11-10(3-2-6-13-11)12(5-1)15-8-9-7-14-9/h1-6,11-12,14-17,23-24,26-27,35-37,40,48H,7-10,13,18-22,25,28-32H2,(H,45,49);1-6,12-15,27-29,32H,7-11,16-24H2,(H,33,35);1-6,9H,7-8H2/t35?,37-,40?;;9-/m1.0/s1. The van der Waals surface area contributed by atoms with Crippen LogP contribution >= 0.6 is 0 Å². The van der Waals surface area contributed by atoms with Crippen molar-refractivity contribution in [3.05, 3.63) is 217 Å². The van der Waals surface area contributed by atoms with Gasteiger partial charge in [-0.3, -0.25) is 34.0 Å². The highest BCUT2D eigenvalue weighted by molar-refractivity contribution is 5.87. The molecule has 0 saturated carbocycles. The molecule has 5 aliphatic rings. The molecule has 6 aromatic carbocycles. The lowest BCUT2D eigenvalue weighted by atomic mass is 9.93. The summed E-state index contributed by atoms with van der Waals surface area (Å²) in [6, 6.07) is 61.6. The molecule has 13 rings (SSSR count). The third-order valence-electron chi connectivity index (χ3n) is 20.8. The molecule has 2 aromatic heterocycles. The number of amides is 4.